The number of para-hydroxylation sites is 2. The standard InChI is InChI=1S/C10H10N2O/c1-11-6-7-12(8-11)9-4-2-3-5-10(9)13/h2-8H,1H3/p+1. The Balaban J connectivity index is 2.52. The molecule has 13 heavy (non-hydrogen) atoms. The molecule has 0 aliphatic heterocycles. The van der Waals surface area contributed by atoms with Crippen molar-refractivity contribution in [2.75, 3.05) is 0 Å². The van der Waals surface area contributed by atoms with Crippen LogP contribution in [-0.2, 0) is 7.05 Å². The molecule has 3 nitrogen and oxygen atoms in total. The van der Waals surface area contributed by atoms with Crippen molar-refractivity contribution in [3.63, 3.8) is 0 Å². The Labute approximate surface area is 76.5 Å². The van der Waals surface area contributed by atoms with E-state index in [2.05, 4.69) is 0 Å². The Hall–Kier alpha value is -1.77. The molecule has 1 aromatic heterocycles. The van der Waals surface area contributed by atoms with Gasteiger partial charge in [-0.3, -0.25) is 0 Å². The van der Waals surface area contributed by atoms with E-state index in [0.29, 0.717) is 5.75 Å². The van der Waals surface area contributed by atoms with Crippen LogP contribution in [0.4, 0.5) is 0 Å². The lowest BCUT2D eigenvalue weighted by Gasteiger charge is -1.97. The molecule has 0 fully saturated rings. The van der Waals surface area contributed by atoms with Crippen LogP contribution in [0.25, 0.3) is 5.69 Å². The van der Waals surface area contributed by atoms with Crippen LogP contribution in [0.15, 0.2) is 43.0 Å². The van der Waals surface area contributed by atoms with E-state index in [1.807, 2.05) is 53.1 Å². The molecule has 66 valence electrons. The van der Waals surface area contributed by atoms with Gasteiger partial charge in [0.15, 0.2) is 11.4 Å². The number of aryl methyl sites for hydroxylation is 1. The highest BCUT2D eigenvalue weighted by atomic mass is 16.3. The Bertz CT molecular complexity index is 420. The van der Waals surface area contributed by atoms with Crippen molar-refractivity contribution in [3.05, 3.63) is 43.0 Å². The number of nitrogens with zero attached hydrogens (tertiary/aromatic N) is 2. The van der Waals surface area contributed by atoms with Gasteiger partial charge in [0.1, 0.15) is 12.4 Å². The van der Waals surface area contributed by atoms with Gasteiger partial charge in [0, 0.05) is 0 Å². The van der Waals surface area contributed by atoms with Crippen LogP contribution in [-0.4, -0.2) is 9.67 Å². The van der Waals surface area contributed by atoms with E-state index < -0.39 is 0 Å². The largest absolute Gasteiger partial charge is 0.504 e. The van der Waals surface area contributed by atoms with Crippen LogP contribution in [0.5, 0.6) is 5.75 Å². The maximum Gasteiger partial charge on any atom is 0.248 e. The van der Waals surface area contributed by atoms with Gasteiger partial charge in [0.05, 0.1) is 7.05 Å². The summed E-state index contributed by atoms with van der Waals surface area (Å²) < 4.78 is 3.79. The Kier molecular flexibility index (Phi) is 1.77. The van der Waals surface area contributed by atoms with Gasteiger partial charge in [-0.2, -0.15) is 4.57 Å². The van der Waals surface area contributed by atoms with Crippen LogP contribution < -0.4 is 4.57 Å². The molecule has 0 saturated heterocycles. The summed E-state index contributed by atoms with van der Waals surface area (Å²) in [6.07, 6.45) is 5.72. The first-order chi connectivity index (χ1) is 6.27. The minimum absolute atomic E-state index is 0.290. The zero-order chi connectivity index (χ0) is 9.26. The summed E-state index contributed by atoms with van der Waals surface area (Å²) in [7, 11) is 1.94. The average Bonchev–Trinajstić information content (AvgIpc) is 2.53. The van der Waals surface area contributed by atoms with E-state index in [4.69, 9.17) is 0 Å². The van der Waals surface area contributed by atoms with Crippen LogP contribution in [0.2, 0.25) is 0 Å². The SMILES string of the molecule is C[n+]1ccn(-c2ccccc2O)c1. The van der Waals surface area contributed by atoms with Crippen molar-refractivity contribution in [1.82, 2.24) is 4.57 Å². The zero-order valence-corrected chi connectivity index (χ0v) is 7.38. The molecular weight excluding hydrogens is 164 g/mol. The molecule has 0 radical (unpaired) electrons. The molecule has 0 amide bonds. The third-order valence-electron chi connectivity index (χ3n) is 1.93. The number of hydrogen-bond donors (Lipinski definition) is 1. The van der Waals surface area contributed by atoms with Crippen LogP contribution in [0.1, 0.15) is 0 Å². The molecule has 0 aliphatic carbocycles. The Morgan fingerprint density at radius 2 is 2.08 bits per heavy atom. The third kappa shape index (κ3) is 1.40. The number of aromatic hydroxyl groups is 1. The second kappa shape index (κ2) is 2.94. The molecule has 1 N–H and O–H groups in total. The van der Waals surface area contributed by atoms with Crippen LogP contribution in [0.3, 0.4) is 0 Å². The second-order valence-electron chi connectivity index (χ2n) is 2.98. The topological polar surface area (TPSA) is 29.0 Å². The smallest absolute Gasteiger partial charge is 0.248 e. The predicted octanol–water partition coefficient (Wildman–Crippen LogP) is 1.01. The summed E-state index contributed by atoms with van der Waals surface area (Å²) in [6.45, 7) is 0. The minimum Gasteiger partial charge on any atom is -0.504 e. The Morgan fingerprint density at radius 3 is 2.69 bits per heavy atom. The van der Waals surface area contributed by atoms with Crippen molar-refractivity contribution >= 4 is 0 Å². The first kappa shape index (κ1) is 7.86. The predicted molar refractivity (Wildman–Crippen MR) is 48.6 cm³/mol. The number of phenolic OH excluding ortho intramolecular Hbond substituents is 1. The lowest BCUT2D eigenvalue weighted by molar-refractivity contribution is -0.670. The second-order valence-corrected chi connectivity index (χ2v) is 2.98. The van der Waals surface area contributed by atoms with Crippen LogP contribution in [0, 0.1) is 0 Å². The zero-order valence-electron chi connectivity index (χ0n) is 7.38. The summed E-state index contributed by atoms with van der Waals surface area (Å²) >= 11 is 0. The summed E-state index contributed by atoms with van der Waals surface area (Å²) in [4.78, 5) is 0. The summed E-state index contributed by atoms with van der Waals surface area (Å²) in [5.41, 5.74) is 0.795. The lowest BCUT2D eigenvalue weighted by atomic mass is 10.3. The molecule has 0 saturated carbocycles. The number of imidazole rings is 1. The first-order valence-electron chi connectivity index (χ1n) is 4.09. The molecule has 0 bridgehead atoms. The van der Waals surface area contributed by atoms with Gasteiger partial charge in [-0.1, -0.05) is 12.1 Å². The normalized spacial score (nSPS) is 10.2. The van der Waals surface area contributed by atoms with E-state index in [1.54, 1.807) is 6.07 Å². The van der Waals surface area contributed by atoms with Gasteiger partial charge in [0.25, 0.3) is 0 Å². The van der Waals surface area contributed by atoms with Gasteiger partial charge in [-0.15, -0.1) is 0 Å². The van der Waals surface area contributed by atoms with Crippen LogP contribution >= 0.6 is 0 Å². The molecule has 1 heterocycles. The molecule has 0 aliphatic rings. The van der Waals surface area contributed by atoms with Gasteiger partial charge >= 0.3 is 0 Å². The summed E-state index contributed by atoms with van der Waals surface area (Å²) in [5, 5.41) is 9.54. The number of hydrogen-bond acceptors (Lipinski definition) is 1. The fraction of sp³-hybridized carbons (Fsp3) is 0.100. The highest BCUT2D eigenvalue weighted by Gasteiger charge is 2.07. The maximum absolute atomic E-state index is 9.54. The average molecular weight is 175 g/mol. The molecular formula is C10H11N2O+. The van der Waals surface area contributed by atoms with Gasteiger partial charge in [-0.05, 0) is 12.1 Å². The number of rotatable bonds is 1. The number of aromatic nitrogens is 2. The summed E-state index contributed by atoms with van der Waals surface area (Å²) in [5.74, 6) is 0.290. The minimum atomic E-state index is 0.290. The molecule has 0 unspecified atom stereocenters. The fourth-order valence-electron chi connectivity index (χ4n) is 1.28. The van der Waals surface area contributed by atoms with Crippen molar-refractivity contribution < 1.29 is 9.67 Å². The number of benzene rings is 1. The maximum atomic E-state index is 9.54. The molecule has 2 aromatic rings. The molecule has 0 spiro atoms. The van der Waals surface area contributed by atoms with Crippen molar-refractivity contribution in [2.45, 2.75) is 0 Å². The highest BCUT2D eigenvalue weighted by Crippen LogP contribution is 2.19. The monoisotopic (exact) mass is 175 g/mol. The van der Waals surface area contributed by atoms with E-state index >= 15 is 0 Å². The van der Waals surface area contributed by atoms with Crippen molar-refractivity contribution in [3.8, 4) is 11.4 Å². The van der Waals surface area contributed by atoms with Crippen molar-refractivity contribution in [2.24, 2.45) is 7.05 Å². The molecule has 3 heteroatoms. The van der Waals surface area contributed by atoms with Gasteiger partial charge in [0.2, 0.25) is 6.33 Å². The fourth-order valence-corrected chi connectivity index (χ4v) is 1.28. The van der Waals surface area contributed by atoms with E-state index in [0.717, 1.165) is 5.69 Å². The quantitative estimate of drug-likeness (QED) is 0.644. The highest BCUT2D eigenvalue weighted by molar-refractivity contribution is 5.44. The number of phenols is 1. The molecule has 1 aromatic carbocycles. The van der Waals surface area contributed by atoms with Crippen molar-refractivity contribution in [1.29, 1.82) is 0 Å². The van der Waals surface area contributed by atoms with Gasteiger partial charge in [-0.25, -0.2) is 4.57 Å². The summed E-state index contributed by atoms with van der Waals surface area (Å²) in [6, 6.07) is 7.25. The molecule has 0 atom stereocenters. The van der Waals surface area contributed by atoms with E-state index in [1.165, 1.54) is 0 Å². The van der Waals surface area contributed by atoms with Gasteiger partial charge < -0.3 is 5.11 Å². The van der Waals surface area contributed by atoms with E-state index in [-0.39, 0.29) is 0 Å². The molecule has 2 rings (SSSR count). The third-order valence-corrected chi connectivity index (χ3v) is 1.93. The van der Waals surface area contributed by atoms with E-state index in [9.17, 15) is 5.11 Å². The first-order valence-corrected chi connectivity index (χ1v) is 4.09. The lowest BCUT2D eigenvalue weighted by Crippen LogP contribution is -2.23. The Morgan fingerprint density at radius 1 is 1.31 bits per heavy atom.